The fourth-order valence-electron chi connectivity index (χ4n) is 4.50. The van der Waals surface area contributed by atoms with Crippen LogP contribution in [-0.4, -0.2) is 53.9 Å². The number of carbonyl (C=O) groups excluding carboxylic acids is 2. The van der Waals surface area contributed by atoms with Crippen molar-refractivity contribution in [2.24, 2.45) is 0 Å². The minimum atomic E-state index is -0.719. The van der Waals surface area contributed by atoms with Crippen LogP contribution in [0, 0.1) is 5.82 Å². The number of halogens is 1. The Labute approximate surface area is 229 Å². The van der Waals surface area contributed by atoms with Crippen molar-refractivity contribution in [2.75, 3.05) is 31.8 Å². The van der Waals surface area contributed by atoms with Gasteiger partial charge in [-0.2, -0.15) is 0 Å². The van der Waals surface area contributed by atoms with Gasteiger partial charge < -0.3 is 29.9 Å². The summed E-state index contributed by atoms with van der Waals surface area (Å²) in [7, 11) is 0. The second kappa shape index (κ2) is 12.0. The highest BCUT2D eigenvalue weighted by Gasteiger charge is 2.38. The van der Waals surface area contributed by atoms with E-state index in [1.807, 2.05) is 30.3 Å². The van der Waals surface area contributed by atoms with Crippen molar-refractivity contribution in [1.29, 1.82) is 0 Å². The molecule has 2 aliphatic heterocycles. The molecule has 0 aliphatic carbocycles. The maximum Gasteiger partial charge on any atom is 0.278 e. The highest BCUT2D eigenvalue weighted by molar-refractivity contribution is 5.99. The Kier molecular flexibility index (Phi) is 8.11. The van der Waals surface area contributed by atoms with Gasteiger partial charge in [0, 0.05) is 30.9 Å². The number of nitrogens with zero attached hydrogens (tertiary/aromatic N) is 2. The Morgan fingerprint density at radius 2 is 2.02 bits per heavy atom. The van der Waals surface area contributed by atoms with E-state index in [-0.39, 0.29) is 42.5 Å². The molecule has 11 heteroatoms. The largest absolute Gasteiger partial charge is 0.493 e. The average Bonchev–Trinajstić information content (AvgIpc) is 2.97. The molecule has 2 aliphatic rings. The first-order valence-electron chi connectivity index (χ1n) is 12.9. The zero-order valence-corrected chi connectivity index (χ0v) is 21.7. The SMILES string of the molecule is C=CCCOc1cc(F)ccc1CNC(=O)c1cn2c(c(OCc3ccccc3)c1=O)C(=O)N1CCOC[C@H]1N2. The molecule has 2 N–H and O–H groups in total. The molecule has 10 nitrogen and oxygen atoms in total. The molecule has 0 saturated carbocycles. The second-order valence-corrected chi connectivity index (χ2v) is 9.27. The van der Waals surface area contributed by atoms with Crippen LogP contribution in [0.25, 0.3) is 0 Å². The van der Waals surface area contributed by atoms with E-state index in [1.165, 1.54) is 29.1 Å². The quantitative estimate of drug-likeness (QED) is 0.296. The molecule has 0 radical (unpaired) electrons. The molecule has 2 aromatic carbocycles. The summed E-state index contributed by atoms with van der Waals surface area (Å²) >= 11 is 0. The predicted octanol–water partition coefficient (Wildman–Crippen LogP) is 2.81. The number of pyridine rings is 1. The summed E-state index contributed by atoms with van der Waals surface area (Å²) in [6, 6.07) is 13.2. The number of rotatable bonds is 10. The molecule has 3 aromatic rings. The van der Waals surface area contributed by atoms with Crippen LogP contribution in [-0.2, 0) is 17.9 Å². The molecular formula is C29H29FN4O6. The molecule has 1 aromatic heterocycles. The summed E-state index contributed by atoms with van der Waals surface area (Å²) in [5, 5.41) is 2.70. The van der Waals surface area contributed by atoms with Crippen molar-refractivity contribution in [2.45, 2.75) is 25.7 Å². The van der Waals surface area contributed by atoms with Gasteiger partial charge in [0.2, 0.25) is 5.43 Å². The van der Waals surface area contributed by atoms with E-state index >= 15 is 0 Å². The molecule has 208 valence electrons. The molecule has 1 fully saturated rings. The van der Waals surface area contributed by atoms with Crippen LogP contribution in [0.3, 0.4) is 0 Å². The Balaban J connectivity index is 1.44. The molecule has 2 amide bonds. The van der Waals surface area contributed by atoms with Gasteiger partial charge in [0.15, 0.2) is 11.4 Å². The Hall–Kier alpha value is -4.64. The van der Waals surface area contributed by atoms with E-state index in [1.54, 1.807) is 11.0 Å². The Morgan fingerprint density at radius 1 is 1.20 bits per heavy atom. The van der Waals surface area contributed by atoms with Crippen LogP contribution in [0.5, 0.6) is 11.5 Å². The Bertz CT molecular complexity index is 1480. The summed E-state index contributed by atoms with van der Waals surface area (Å²) in [6.45, 7) is 4.90. The number of amides is 2. The van der Waals surface area contributed by atoms with Crippen LogP contribution >= 0.6 is 0 Å². The van der Waals surface area contributed by atoms with Crippen molar-refractivity contribution in [1.82, 2.24) is 14.9 Å². The summed E-state index contributed by atoms with van der Waals surface area (Å²) in [6.07, 6.45) is 3.07. The average molecular weight is 549 g/mol. The minimum Gasteiger partial charge on any atom is -0.493 e. The summed E-state index contributed by atoms with van der Waals surface area (Å²) in [5.41, 5.74) is 3.51. The third-order valence-corrected chi connectivity index (χ3v) is 6.56. The van der Waals surface area contributed by atoms with Gasteiger partial charge in [-0.05, 0) is 18.1 Å². The van der Waals surface area contributed by atoms with E-state index in [0.29, 0.717) is 31.7 Å². The summed E-state index contributed by atoms with van der Waals surface area (Å²) in [5.74, 6) is -1.52. The van der Waals surface area contributed by atoms with Crippen LogP contribution < -0.4 is 25.6 Å². The van der Waals surface area contributed by atoms with Crippen molar-refractivity contribution in [3.05, 3.63) is 106 Å². The number of hydrogen-bond donors (Lipinski definition) is 2. The van der Waals surface area contributed by atoms with Crippen molar-refractivity contribution < 1.29 is 28.2 Å². The van der Waals surface area contributed by atoms with E-state index in [9.17, 15) is 18.8 Å². The van der Waals surface area contributed by atoms with Crippen LogP contribution in [0.4, 0.5) is 4.39 Å². The molecule has 1 saturated heterocycles. The number of hydrogen-bond acceptors (Lipinski definition) is 7. The van der Waals surface area contributed by atoms with E-state index < -0.39 is 29.2 Å². The molecule has 5 rings (SSSR count). The summed E-state index contributed by atoms with van der Waals surface area (Å²) in [4.78, 5) is 41.9. The van der Waals surface area contributed by atoms with Gasteiger partial charge in [-0.15, -0.1) is 6.58 Å². The lowest BCUT2D eigenvalue weighted by Crippen LogP contribution is -2.59. The van der Waals surface area contributed by atoms with Gasteiger partial charge in [-0.3, -0.25) is 19.1 Å². The topological polar surface area (TPSA) is 111 Å². The van der Waals surface area contributed by atoms with Gasteiger partial charge in [0.1, 0.15) is 29.9 Å². The lowest BCUT2D eigenvalue weighted by Gasteiger charge is -2.41. The monoisotopic (exact) mass is 548 g/mol. The third kappa shape index (κ3) is 5.69. The number of benzene rings is 2. The Morgan fingerprint density at radius 3 is 2.83 bits per heavy atom. The van der Waals surface area contributed by atoms with Crippen molar-refractivity contribution in [3.63, 3.8) is 0 Å². The number of carbonyl (C=O) groups is 2. The van der Waals surface area contributed by atoms with Gasteiger partial charge in [0.25, 0.3) is 11.8 Å². The first kappa shape index (κ1) is 26.9. The molecule has 0 unspecified atom stereocenters. The number of fused-ring (bicyclic) bond motifs is 2. The lowest BCUT2D eigenvalue weighted by atomic mass is 10.1. The highest BCUT2D eigenvalue weighted by atomic mass is 19.1. The third-order valence-electron chi connectivity index (χ3n) is 6.56. The number of nitrogens with one attached hydrogen (secondary N) is 2. The van der Waals surface area contributed by atoms with E-state index in [0.717, 1.165) is 5.56 Å². The van der Waals surface area contributed by atoms with E-state index in [4.69, 9.17) is 14.2 Å². The normalized spacial score (nSPS) is 15.9. The molecule has 0 bridgehead atoms. The molecule has 1 atom stereocenters. The fraction of sp³-hybridized carbons (Fsp3) is 0.276. The molecule has 40 heavy (non-hydrogen) atoms. The number of ether oxygens (including phenoxy) is 3. The minimum absolute atomic E-state index is 0.00655. The van der Waals surface area contributed by atoms with Crippen LogP contribution in [0.2, 0.25) is 0 Å². The van der Waals surface area contributed by atoms with E-state index in [2.05, 4.69) is 17.3 Å². The van der Waals surface area contributed by atoms with Crippen molar-refractivity contribution in [3.8, 4) is 11.5 Å². The fourth-order valence-corrected chi connectivity index (χ4v) is 4.50. The maximum atomic E-state index is 13.8. The molecular weight excluding hydrogens is 519 g/mol. The molecule has 3 heterocycles. The van der Waals surface area contributed by atoms with Gasteiger partial charge in [-0.1, -0.05) is 42.5 Å². The number of aromatic nitrogens is 1. The zero-order valence-electron chi connectivity index (χ0n) is 21.7. The van der Waals surface area contributed by atoms with Gasteiger partial charge in [0.05, 0.1) is 19.8 Å². The first-order chi connectivity index (χ1) is 19.5. The smallest absolute Gasteiger partial charge is 0.278 e. The zero-order chi connectivity index (χ0) is 28.1. The summed E-state index contributed by atoms with van der Waals surface area (Å²) < 4.78 is 32.2. The second-order valence-electron chi connectivity index (χ2n) is 9.27. The molecule has 0 spiro atoms. The predicted molar refractivity (Wildman–Crippen MR) is 144 cm³/mol. The van der Waals surface area contributed by atoms with Gasteiger partial charge in [-0.25, -0.2) is 4.39 Å². The maximum absolute atomic E-state index is 13.8. The first-order valence-corrected chi connectivity index (χ1v) is 12.9. The number of morpholine rings is 1. The van der Waals surface area contributed by atoms with Crippen LogP contribution in [0.1, 0.15) is 38.4 Å². The van der Waals surface area contributed by atoms with Crippen molar-refractivity contribution >= 4 is 11.8 Å². The van der Waals surface area contributed by atoms with Crippen LogP contribution in [0.15, 0.2) is 72.2 Å². The lowest BCUT2D eigenvalue weighted by molar-refractivity contribution is -0.00330. The van der Waals surface area contributed by atoms with Gasteiger partial charge >= 0.3 is 0 Å². The highest BCUT2D eigenvalue weighted by Crippen LogP contribution is 2.25. The standard InChI is InChI=1S/C29H29FN4O6/c1-2-3-12-39-23-14-21(30)10-9-20(23)15-31-28(36)22-16-34-25(29(37)33-11-13-38-18-24(33)32-34)27(26(22)35)40-17-19-7-5-4-6-8-19/h2,4-10,14,16,24,32H,1,3,11-13,15,17-18H2,(H,31,36)/t24-/m0/s1.